The lowest BCUT2D eigenvalue weighted by atomic mass is 10.0. The Labute approximate surface area is 136 Å². The molecular formula is C17H22ClNOS. The minimum atomic E-state index is -0.225. The maximum atomic E-state index is 12.6. The van der Waals surface area contributed by atoms with Crippen molar-refractivity contribution in [2.45, 2.75) is 30.9 Å². The van der Waals surface area contributed by atoms with E-state index in [9.17, 15) is 4.79 Å². The van der Waals surface area contributed by atoms with Crippen LogP contribution in [0.5, 0.6) is 0 Å². The van der Waals surface area contributed by atoms with Crippen LogP contribution in [0.2, 0.25) is 0 Å². The van der Waals surface area contributed by atoms with Crippen molar-refractivity contribution in [3.63, 3.8) is 0 Å². The van der Waals surface area contributed by atoms with Gasteiger partial charge in [-0.25, -0.2) is 0 Å². The topological polar surface area (TPSA) is 20.3 Å². The number of carbonyl (C=O) groups excluding carboxylic acids is 1. The lowest BCUT2D eigenvalue weighted by Crippen LogP contribution is -2.40. The zero-order chi connectivity index (χ0) is 15.2. The van der Waals surface area contributed by atoms with E-state index in [0.29, 0.717) is 0 Å². The Bertz CT molecular complexity index is 489. The first-order chi connectivity index (χ1) is 10.1. The molecule has 1 saturated heterocycles. The van der Waals surface area contributed by atoms with Gasteiger partial charge in [-0.1, -0.05) is 37.0 Å². The molecule has 1 amide bonds. The highest BCUT2D eigenvalue weighted by Crippen LogP contribution is 2.43. The van der Waals surface area contributed by atoms with Crippen molar-refractivity contribution in [3.05, 3.63) is 47.4 Å². The number of rotatable bonds is 4. The Morgan fingerprint density at radius 1 is 1.38 bits per heavy atom. The molecule has 0 N–H and O–H groups in total. The van der Waals surface area contributed by atoms with Gasteiger partial charge < -0.3 is 4.90 Å². The minimum Gasteiger partial charge on any atom is -0.342 e. The molecule has 0 bridgehead atoms. The molecule has 2 aliphatic heterocycles. The molecule has 0 spiro atoms. The van der Waals surface area contributed by atoms with Crippen LogP contribution in [0, 0.1) is 5.92 Å². The molecule has 0 aromatic rings. The van der Waals surface area contributed by atoms with Crippen LogP contribution in [-0.4, -0.2) is 28.6 Å². The van der Waals surface area contributed by atoms with E-state index in [-0.39, 0.29) is 16.5 Å². The third-order valence-corrected chi connectivity index (χ3v) is 5.43. The maximum absolute atomic E-state index is 12.6. The second kappa shape index (κ2) is 7.90. The quantitative estimate of drug-likeness (QED) is 0.561. The number of nitrogens with zero attached hydrogens (tertiary/aromatic N) is 1. The molecule has 0 radical (unpaired) electrons. The molecule has 4 heteroatoms. The zero-order valence-electron chi connectivity index (χ0n) is 12.4. The molecule has 1 fully saturated rings. The molecule has 0 aliphatic carbocycles. The summed E-state index contributed by atoms with van der Waals surface area (Å²) in [6.45, 7) is 7.77. The van der Waals surface area contributed by atoms with Crippen molar-refractivity contribution in [3.8, 4) is 0 Å². The third-order valence-electron chi connectivity index (χ3n) is 3.72. The molecule has 2 atom stereocenters. The fraction of sp³-hybridized carbons (Fsp3) is 0.471. The smallest absolute Gasteiger partial charge is 0.231 e. The lowest BCUT2D eigenvalue weighted by Gasteiger charge is -2.29. The molecular weight excluding hydrogens is 302 g/mol. The number of carbonyl (C=O) groups is 1. The Balaban J connectivity index is 2.03. The number of amides is 1. The Hall–Kier alpha value is -0.930. The summed E-state index contributed by atoms with van der Waals surface area (Å²) in [5.74, 6) is -0.0564. The molecule has 21 heavy (non-hydrogen) atoms. The van der Waals surface area contributed by atoms with Crippen molar-refractivity contribution in [1.82, 2.24) is 4.90 Å². The maximum Gasteiger partial charge on any atom is 0.231 e. The Morgan fingerprint density at radius 3 is 2.76 bits per heavy atom. The van der Waals surface area contributed by atoms with E-state index in [1.807, 2.05) is 42.2 Å². The zero-order valence-corrected chi connectivity index (χ0v) is 14.0. The molecule has 2 unspecified atom stereocenters. The average molecular weight is 324 g/mol. The Kier molecular flexibility index (Phi) is 6.19. The van der Waals surface area contributed by atoms with Gasteiger partial charge in [0.1, 0.15) is 0 Å². The lowest BCUT2D eigenvalue weighted by molar-refractivity contribution is -0.134. The number of likely N-dealkylation sites (tertiary alicyclic amines) is 1. The fourth-order valence-corrected chi connectivity index (χ4v) is 4.03. The van der Waals surface area contributed by atoms with E-state index in [1.165, 1.54) is 18.2 Å². The number of hydrogen-bond acceptors (Lipinski definition) is 2. The van der Waals surface area contributed by atoms with E-state index in [4.69, 9.17) is 11.6 Å². The molecule has 114 valence electrons. The summed E-state index contributed by atoms with van der Waals surface area (Å²) in [4.78, 5) is 15.5. The van der Waals surface area contributed by atoms with Crippen LogP contribution in [0.4, 0.5) is 0 Å². The highest BCUT2D eigenvalue weighted by Gasteiger charge is 2.35. The molecule has 0 saturated carbocycles. The van der Waals surface area contributed by atoms with Crippen molar-refractivity contribution >= 4 is 29.3 Å². The summed E-state index contributed by atoms with van der Waals surface area (Å²) in [6.07, 6.45) is 13.3. The van der Waals surface area contributed by atoms with Crippen LogP contribution in [0.3, 0.4) is 0 Å². The molecule has 2 aliphatic rings. The highest BCUT2D eigenvalue weighted by molar-refractivity contribution is 8.05. The van der Waals surface area contributed by atoms with Crippen molar-refractivity contribution < 1.29 is 4.79 Å². The van der Waals surface area contributed by atoms with E-state index >= 15 is 0 Å². The van der Waals surface area contributed by atoms with Crippen molar-refractivity contribution in [2.24, 2.45) is 5.92 Å². The standard InChI is InChI=1S/C17H22ClNOS/c1-3-4-6-9-13(2)15-12-14(16(18)21-15)17(20)19-10-7-5-8-11-19/h3-4,6,9,12,14,16H,2,5,7-8,10-11H2,1H3/b4-3-,9-6-. The van der Waals surface area contributed by atoms with Crippen LogP contribution in [0.15, 0.2) is 47.4 Å². The van der Waals surface area contributed by atoms with E-state index in [1.54, 1.807) is 0 Å². The number of alkyl halides is 1. The van der Waals surface area contributed by atoms with Gasteiger partial charge in [0.25, 0.3) is 0 Å². The van der Waals surface area contributed by atoms with Crippen LogP contribution in [-0.2, 0) is 4.79 Å². The molecule has 0 aromatic heterocycles. The third kappa shape index (κ3) is 4.27. The van der Waals surface area contributed by atoms with E-state index < -0.39 is 0 Å². The van der Waals surface area contributed by atoms with Gasteiger partial charge in [-0.2, -0.15) is 0 Å². The summed E-state index contributed by atoms with van der Waals surface area (Å²) in [7, 11) is 0. The summed E-state index contributed by atoms with van der Waals surface area (Å²) in [5.41, 5.74) is 0.915. The first-order valence-electron chi connectivity index (χ1n) is 7.43. The molecule has 2 nitrogen and oxygen atoms in total. The minimum absolute atomic E-state index is 0.169. The number of allylic oxidation sites excluding steroid dienone is 5. The summed E-state index contributed by atoms with van der Waals surface area (Å²) in [5, 5.41) is 0. The molecule has 2 heterocycles. The van der Waals surface area contributed by atoms with Crippen LogP contribution in [0.25, 0.3) is 0 Å². The molecule has 2 rings (SSSR count). The largest absolute Gasteiger partial charge is 0.342 e. The second-order valence-corrected chi connectivity index (χ2v) is 7.23. The van der Waals surface area contributed by atoms with Crippen molar-refractivity contribution in [1.29, 1.82) is 0 Å². The SMILES string of the molecule is C=C(/C=C\C=C/C)C1=CC(C(=O)N2CCCCC2)C(Cl)S1. The number of thioether (sulfide) groups is 1. The van der Waals surface area contributed by atoms with Gasteiger partial charge in [-0.3, -0.25) is 4.79 Å². The molecule has 0 aromatic carbocycles. The summed E-state index contributed by atoms with van der Waals surface area (Å²) >= 11 is 7.91. The van der Waals surface area contributed by atoms with E-state index in [2.05, 4.69) is 6.58 Å². The highest BCUT2D eigenvalue weighted by atomic mass is 35.5. The first kappa shape index (κ1) is 16.4. The van der Waals surface area contributed by atoms with Gasteiger partial charge in [0.2, 0.25) is 5.91 Å². The normalized spacial score (nSPS) is 26.6. The number of piperidine rings is 1. The first-order valence-corrected chi connectivity index (χ1v) is 8.75. The summed E-state index contributed by atoms with van der Waals surface area (Å²) in [6, 6.07) is 0. The van der Waals surface area contributed by atoms with Gasteiger partial charge in [0.05, 0.1) is 10.6 Å². The van der Waals surface area contributed by atoms with Gasteiger partial charge in [0.15, 0.2) is 0 Å². The van der Waals surface area contributed by atoms with Gasteiger partial charge in [-0.05, 0) is 31.8 Å². The number of hydrogen-bond donors (Lipinski definition) is 0. The van der Waals surface area contributed by atoms with Gasteiger partial charge in [0, 0.05) is 18.0 Å². The Morgan fingerprint density at radius 2 is 2.10 bits per heavy atom. The van der Waals surface area contributed by atoms with Crippen LogP contribution < -0.4 is 0 Å². The van der Waals surface area contributed by atoms with Gasteiger partial charge in [-0.15, -0.1) is 23.4 Å². The average Bonchev–Trinajstić information content (AvgIpc) is 2.89. The van der Waals surface area contributed by atoms with Crippen LogP contribution >= 0.6 is 23.4 Å². The van der Waals surface area contributed by atoms with Crippen molar-refractivity contribution in [2.75, 3.05) is 13.1 Å². The summed E-state index contributed by atoms with van der Waals surface area (Å²) < 4.78 is -0.221. The van der Waals surface area contributed by atoms with Crippen LogP contribution in [0.1, 0.15) is 26.2 Å². The predicted molar refractivity (Wildman–Crippen MR) is 92.3 cm³/mol. The second-order valence-electron chi connectivity index (χ2n) is 5.32. The number of halogens is 1. The van der Waals surface area contributed by atoms with Gasteiger partial charge >= 0.3 is 0 Å². The predicted octanol–water partition coefficient (Wildman–Crippen LogP) is 4.50. The fourth-order valence-electron chi connectivity index (χ4n) is 2.53. The monoisotopic (exact) mass is 323 g/mol. The van der Waals surface area contributed by atoms with E-state index in [0.717, 1.165) is 36.4 Å².